The third-order valence-corrected chi connectivity index (χ3v) is 3.91. The third kappa shape index (κ3) is 3.21. The molecular formula is C17H18N2O2S. The quantitative estimate of drug-likeness (QED) is 0.878. The van der Waals surface area contributed by atoms with Crippen LogP contribution in [-0.2, 0) is 4.74 Å². The molecule has 1 heterocycles. The molecule has 1 aliphatic heterocycles. The van der Waals surface area contributed by atoms with Gasteiger partial charge in [-0.2, -0.15) is 0 Å². The molecule has 2 aromatic rings. The Morgan fingerprint density at radius 3 is 2.59 bits per heavy atom. The van der Waals surface area contributed by atoms with Crippen LogP contribution in [0.2, 0.25) is 0 Å². The monoisotopic (exact) mass is 314 g/mol. The zero-order valence-electron chi connectivity index (χ0n) is 12.4. The van der Waals surface area contributed by atoms with Gasteiger partial charge in [-0.3, -0.25) is 0 Å². The molecule has 114 valence electrons. The summed E-state index contributed by atoms with van der Waals surface area (Å²) < 4.78 is 11.0. The molecule has 0 aromatic heterocycles. The number of rotatable bonds is 3. The van der Waals surface area contributed by atoms with Crippen LogP contribution in [0.3, 0.4) is 0 Å². The number of anilines is 1. The van der Waals surface area contributed by atoms with E-state index in [-0.39, 0.29) is 6.23 Å². The zero-order valence-corrected chi connectivity index (χ0v) is 13.2. The maximum absolute atomic E-state index is 5.84. The van der Waals surface area contributed by atoms with Crippen molar-refractivity contribution in [3.63, 3.8) is 0 Å². The average molecular weight is 314 g/mol. The molecule has 0 radical (unpaired) electrons. The first-order valence-electron chi connectivity index (χ1n) is 7.16. The van der Waals surface area contributed by atoms with Crippen LogP contribution >= 0.6 is 12.2 Å². The molecule has 1 fully saturated rings. The van der Waals surface area contributed by atoms with Crippen molar-refractivity contribution in [1.82, 2.24) is 4.90 Å². The summed E-state index contributed by atoms with van der Waals surface area (Å²) in [7, 11) is 1.66. The molecule has 0 bridgehead atoms. The summed E-state index contributed by atoms with van der Waals surface area (Å²) in [6.45, 7) is 1.43. The van der Waals surface area contributed by atoms with Crippen LogP contribution in [0, 0.1) is 0 Å². The highest BCUT2D eigenvalue weighted by Gasteiger charge is 2.28. The van der Waals surface area contributed by atoms with Gasteiger partial charge in [0, 0.05) is 17.8 Å². The number of thiocarbonyl (C=S) groups is 1. The average Bonchev–Trinajstić information content (AvgIpc) is 3.05. The van der Waals surface area contributed by atoms with Gasteiger partial charge in [-0.15, -0.1) is 0 Å². The fourth-order valence-electron chi connectivity index (χ4n) is 2.44. The molecule has 3 rings (SSSR count). The summed E-state index contributed by atoms with van der Waals surface area (Å²) in [6.07, 6.45) is -0.158. The topological polar surface area (TPSA) is 33.7 Å². The Morgan fingerprint density at radius 2 is 1.91 bits per heavy atom. The van der Waals surface area contributed by atoms with Gasteiger partial charge in [0.1, 0.15) is 5.75 Å². The maximum Gasteiger partial charge on any atom is 0.175 e. The van der Waals surface area contributed by atoms with Crippen LogP contribution in [0.25, 0.3) is 0 Å². The number of ether oxygens (including phenoxy) is 2. The SMILES string of the molecule is COc1ccc(C2OCCN2C(=S)Nc2ccccc2)cc1. The van der Waals surface area contributed by atoms with E-state index in [1.54, 1.807) is 7.11 Å². The maximum atomic E-state index is 5.84. The lowest BCUT2D eigenvalue weighted by molar-refractivity contribution is 0.0642. The summed E-state index contributed by atoms with van der Waals surface area (Å²) in [5, 5.41) is 3.93. The predicted molar refractivity (Wildman–Crippen MR) is 91.1 cm³/mol. The molecular weight excluding hydrogens is 296 g/mol. The Morgan fingerprint density at radius 1 is 1.18 bits per heavy atom. The number of methoxy groups -OCH3 is 1. The highest BCUT2D eigenvalue weighted by Crippen LogP contribution is 2.28. The van der Waals surface area contributed by atoms with E-state index in [4.69, 9.17) is 21.7 Å². The summed E-state index contributed by atoms with van der Waals surface area (Å²) in [6, 6.07) is 17.8. The molecule has 1 saturated heterocycles. The number of nitrogens with zero attached hydrogens (tertiary/aromatic N) is 1. The first-order valence-corrected chi connectivity index (χ1v) is 7.57. The standard InChI is InChI=1S/C17H18N2O2S/c1-20-15-9-7-13(8-10-15)16-19(11-12-21-16)17(22)18-14-5-3-2-4-6-14/h2-10,16H,11-12H2,1H3,(H,18,22). The van der Waals surface area contributed by atoms with Crippen molar-refractivity contribution in [2.24, 2.45) is 0 Å². The van der Waals surface area contributed by atoms with Crippen molar-refractivity contribution >= 4 is 23.0 Å². The number of hydrogen-bond donors (Lipinski definition) is 1. The highest BCUT2D eigenvalue weighted by atomic mass is 32.1. The van der Waals surface area contributed by atoms with Crippen molar-refractivity contribution in [1.29, 1.82) is 0 Å². The molecule has 0 saturated carbocycles. The molecule has 0 spiro atoms. The van der Waals surface area contributed by atoms with Gasteiger partial charge in [0.05, 0.1) is 13.7 Å². The van der Waals surface area contributed by atoms with Gasteiger partial charge in [0.15, 0.2) is 11.3 Å². The first kappa shape index (κ1) is 14.8. The summed E-state index contributed by atoms with van der Waals surface area (Å²) in [5.74, 6) is 0.832. The molecule has 5 heteroatoms. The molecule has 1 N–H and O–H groups in total. The molecule has 22 heavy (non-hydrogen) atoms. The second kappa shape index (κ2) is 6.77. The van der Waals surface area contributed by atoms with Gasteiger partial charge in [-0.25, -0.2) is 0 Å². The van der Waals surface area contributed by atoms with Crippen LogP contribution in [0.4, 0.5) is 5.69 Å². The van der Waals surface area contributed by atoms with E-state index >= 15 is 0 Å². The summed E-state index contributed by atoms with van der Waals surface area (Å²) >= 11 is 5.53. The predicted octanol–water partition coefficient (Wildman–Crippen LogP) is 3.42. The van der Waals surface area contributed by atoms with E-state index in [0.29, 0.717) is 11.7 Å². The second-order valence-corrected chi connectivity index (χ2v) is 5.37. The van der Waals surface area contributed by atoms with Crippen LogP contribution < -0.4 is 10.1 Å². The highest BCUT2D eigenvalue weighted by molar-refractivity contribution is 7.80. The molecule has 1 aliphatic rings. The second-order valence-electron chi connectivity index (χ2n) is 4.99. The molecule has 0 amide bonds. The third-order valence-electron chi connectivity index (χ3n) is 3.58. The Kier molecular flexibility index (Phi) is 4.56. The fourth-order valence-corrected chi connectivity index (χ4v) is 2.74. The van der Waals surface area contributed by atoms with Crippen LogP contribution in [0.5, 0.6) is 5.75 Å². The minimum Gasteiger partial charge on any atom is -0.497 e. The molecule has 4 nitrogen and oxygen atoms in total. The van der Waals surface area contributed by atoms with Gasteiger partial charge < -0.3 is 19.7 Å². The van der Waals surface area contributed by atoms with E-state index in [0.717, 1.165) is 23.5 Å². The molecule has 0 aliphatic carbocycles. The Hall–Kier alpha value is -2.11. The normalized spacial score (nSPS) is 17.3. The molecule has 1 unspecified atom stereocenters. The summed E-state index contributed by atoms with van der Waals surface area (Å²) in [5.41, 5.74) is 2.04. The largest absolute Gasteiger partial charge is 0.497 e. The van der Waals surface area contributed by atoms with Crippen molar-refractivity contribution in [2.45, 2.75) is 6.23 Å². The van der Waals surface area contributed by atoms with Crippen LogP contribution in [0.1, 0.15) is 11.8 Å². The Balaban J connectivity index is 1.73. The van der Waals surface area contributed by atoms with Crippen molar-refractivity contribution < 1.29 is 9.47 Å². The van der Waals surface area contributed by atoms with Crippen molar-refractivity contribution in [3.05, 3.63) is 60.2 Å². The first-order chi connectivity index (χ1) is 10.8. The van der Waals surface area contributed by atoms with E-state index in [1.807, 2.05) is 54.6 Å². The van der Waals surface area contributed by atoms with Crippen molar-refractivity contribution in [2.75, 3.05) is 25.6 Å². The smallest absolute Gasteiger partial charge is 0.175 e. The van der Waals surface area contributed by atoms with Crippen LogP contribution in [0.15, 0.2) is 54.6 Å². The number of hydrogen-bond acceptors (Lipinski definition) is 3. The van der Waals surface area contributed by atoms with E-state index in [9.17, 15) is 0 Å². The lowest BCUT2D eigenvalue weighted by Crippen LogP contribution is -2.34. The van der Waals surface area contributed by atoms with Gasteiger partial charge >= 0.3 is 0 Å². The number of para-hydroxylation sites is 1. The summed E-state index contributed by atoms with van der Waals surface area (Å²) in [4.78, 5) is 2.06. The minimum atomic E-state index is -0.158. The lowest BCUT2D eigenvalue weighted by atomic mass is 10.2. The van der Waals surface area contributed by atoms with Gasteiger partial charge in [0.25, 0.3) is 0 Å². The minimum absolute atomic E-state index is 0.158. The van der Waals surface area contributed by atoms with E-state index in [2.05, 4.69) is 10.2 Å². The van der Waals surface area contributed by atoms with Gasteiger partial charge in [-0.1, -0.05) is 30.3 Å². The Labute approximate surface area is 135 Å². The van der Waals surface area contributed by atoms with E-state index < -0.39 is 0 Å². The number of nitrogens with one attached hydrogen (secondary N) is 1. The van der Waals surface area contributed by atoms with Crippen LogP contribution in [-0.4, -0.2) is 30.3 Å². The fraction of sp³-hybridized carbons (Fsp3) is 0.235. The Bertz CT molecular complexity index is 631. The molecule has 2 aromatic carbocycles. The molecule has 1 atom stereocenters. The van der Waals surface area contributed by atoms with Gasteiger partial charge in [0.2, 0.25) is 0 Å². The lowest BCUT2D eigenvalue weighted by Gasteiger charge is -2.26. The zero-order chi connectivity index (χ0) is 15.4. The number of benzene rings is 2. The van der Waals surface area contributed by atoms with Gasteiger partial charge in [-0.05, 0) is 36.5 Å². The van der Waals surface area contributed by atoms with E-state index in [1.165, 1.54) is 0 Å². The van der Waals surface area contributed by atoms with Crippen molar-refractivity contribution in [3.8, 4) is 5.75 Å².